The molecule has 0 spiro atoms. The topological polar surface area (TPSA) is 100 Å². The van der Waals surface area contributed by atoms with Crippen molar-refractivity contribution >= 4 is 20.2 Å². The number of allylic oxidation sites excluding steroid dienone is 4. The lowest BCUT2D eigenvalue weighted by molar-refractivity contribution is -0.161. The molecule has 0 saturated heterocycles. The van der Waals surface area contributed by atoms with Crippen LogP contribution in [0.25, 0.3) is 0 Å². The molecule has 0 rings (SSSR count). The van der Waals surface area contributed by atoms with E-state index in [2.05, 4.69) is 43.5 Å². The van der Waals surface area contributed by atoms with Crippen LogP contribution in [0.4, 0.5) is 0 Å². The van der Waals surface area contributed by atoms with Crippen LogP contribution in [0.15, 0.2) is 24.3 Å². The van der Waals surface area contributed by atoms with Crippen molar-refractivity contribution in [2.45, 2.75) is 226 Å². The second kappa shape index (κ2) is 39.6. The molecule has 1 N–H and O–H groups in total. The largest absolute Gasteiger partial charge is 0.697 e. The molecule has 0 aromatic carbocycles. The first kappa shape index (κ1) is 52.4. The highest BCUT2D eigenvalue weighted by Gasteiger charge is 2.26. The Kier molecular flexibility index (Phi) is 38.5. The molecule has 0 heterocycles. The van der Waals surface area contributed by atoms with E-state index >= 15 is 0 Å². The quantitative estimate of drug-likeness (QED) is 0.0284. The third-order valence-electron chi connectivity index (χ3n) is 9.33. The Bertz CT molecular complexity index is 933. The summed E-state index contributed by atoms with van der Waals surface area (Å²) >= 11 is 0. The standard InChI is InChI=1S/C45H85NO7P/c1-6-8-10-12-14-16-18-20-22-24-26-28-30-32-34-36-43(47)50-40-42(41-52-54(49)51-39-38-46-45(3,4)5)53-44(48)37-35-33-31-29-27-25-23-21-19-17-15-13-11-9-7-2/h20-23,42,46H,6-19,24-41H2,1-5H3/q+1/b22-20-,23-21-. The number of rotatable bonds is 40. The summed E-state index contributed by atoms with van der Waals surface area (Å²) in [7, 11) is -2.40. The fourth-order valence-corrected chi connectivity index (χ4v) is 6.63. The van der Waals surface area contributed by atoms with Crippen molar-refractivity contribution < 1.29 is 32.7 Å². The summed E-state index contributed by atoms with van der Waals surface area (Å²) in [6.07, 6.45) is 40.1. The van der Waals surface area contributed by atoms with Gasteiger partial charge in [0.25, 0.3) is 0 Å². The van der Waals surface area contributed by atoms with E-state index in [4.69, 9.17) is 18.5 Å². The first-order valence-corrected chi connectivity index (χ1v) is 23.4. The molecule has 0 bridgehead atoms. The van der Waals surface area contributed by atoms with E-state index in [-0.39, 0.29) is 37.3 Å². The normalized spacial score (nSPS) is 12.9. The molecule has 316 valence electrons. The van der Waals surface area contributed by atoms with Gasteiger partial charge in [0.2, 0.25) is 0 Å². The average molecular weight is 783 g/mol. The number of hydrogen-bond acceptors (Lipinski definition) is 8. The monoisotopic (exact) mass is 783 g/mol. The zero-order valence-electron chi connectivity index (χ0n) is 35.8. The zero-order valence-corrected chi connectivity index (χ0v) is 36.7. The number of esters is 2. The first-order valence-electron chi connectivity index (χ1n) is 22.3. The van der Waals surface area contributed by atoms with Gasteiger partial charge in [0.1, 0.15) is 19.8 Å². The van der Waals surface area contributed by atoms with Gasteiger partial charge in [-0.1, -0.05) is 141 Å². The maximum atomic E-state index is 12.7. The number of nitrogens with one attached hydrogen (secondary N) is 1. The average Bonchev–Trinajstić information content (AvgIpc) is 3.14. The summed E-state index contributed by atoms with van der Waals surface area (Å²) in [4.78, 5) is 25.1. The van der Waals surface area contributed by atoms with Gasteiger partial charge in [-0.15, -0.1) is 9.05 Å². The van der Waals surface area contributed by atoms with Crippen LogP contribution < -0.4 is 5.32 Å². The van der Waals surface area contributed by atoms with Crippen molar-refractivity contribution in [3.63, 3.8) is 0 Å². The second-order valence-corrected chi connectivity index (χ2v) is 17.0. The van der Waals surface area contributed by atoms with Gasteiger partial charge in [0, 0.05) is 29.5 Å². The molecule has 0 aliphatic heterocycles. The van der Waals surface area contributed by atoms with Crippen molar-refractivity contribution in [1.29, 1.82) is 0 Å². The van der Waals surface area contributed by atoms with Crippen LogP contribution in [0.3, 0.4) is 0 Å². The highest BCUT2D eigenvalue weighted by Crippen LogP contribution is 2.24. The summed E-state index contributed by atoms with van der Waals surface area (Å²) in [5.74, 6) is -0.681. The number of carbonyl (C=O) groups excluding carboxylic acids is 2. The Morgan fingerprint density at radius 1 is 0.556 bits per heavy atom. The SMILES string of the molecule is CCCCCCCC/C=C\CCCCCCCC(=O)OCC(CO[P+](=O)OCCNC(C)(C)C)OC(=O)CCCCCCC/C=C\CCCCCCCC. The molecule has 0 fully saturated rings. The second-order valence-electron chi connectivity index (χ2n) is 16.0. The van der Waals surface area contributed by atoms with Gasteiger partial charge in [-0.25, -0.2) is 0 Å². The summed E-state index contributed by atoms with van der Waals surface area (Å²) in [6, 6.07) is 0. The molecular formula is C45H85NO7P+. The first-order chi connectivity index (χ1) is 26.2. The van der Waals surface area contributed by atoms with E-state index in [1.807, 2.05) is 20.8 Å². The molecule has 0 radical (unpaired) electrons. The molecule has 54 heavy (non-hydrogen) atoms. The van der Waals surface area contributed by atoms with Crippen molar-refractivity contribution in [3.05, 3.63) is 24.3 Å². The molecule has 2 atom stereocenters. The molecule has 0 saturated carbocycles. The predicted octanol–water partition coefficient (Wildman–Crippen LogP) is 13.6. The molecule has 0 aromatic heterocycles. The Balaban J connectivity index is 4.30. The number of ether oxygens (including phenoxy) is 2. The number of hydrogen-bond donors (Lipinski definition) is 1. The molecule has 9 heteroatoms. The third-order valence-corrected chi connectivity index (χ3v) is 10.1. The van der Waals surface area contributed by atoms with Crippen LogP contribution in [0.1, 0.15) is 214 Å². The zero-order chi connectivity index (χ0) is 39.8. The summed E-state index contributed by atoms with van der Waals surface area (Å²) in [5.41, 5.74) is -0.0763. The maximum absolute atomic E-state index is 12.7. The highest BCUT2D eigenvalue weighted by molar-refractivity contribution is 7.33. The van der Waals surface area contributed by atoms with Crippen LogP contribution in [0.2, 0.25) is 0 Å². The molecule has 0 aromatic rings. The van der Waals surface area contributed by atoms with Crippen molar-refractivity contribution in [2.75, 3.05) is 26.4 Å². The lowest BCUT2D eigenvalue weighted by Gasteiger charge is -2.19. The minimum absolute atomic E-state index is 0.0763. The highest BCUT2D eigenvalue weighted by atomic mass is 31.1. The Hall–Kier alpha value is -1.60. The van der Waals surface area contributed by atoms with Crippen LogP contribution in [-0.2, 0) is 32.7 Å². The third kappa shape index (κ3) is 41.6. The number of unbranched alkanes of at least 4 members (excludes halogenated alkanes) is 22. The summed E-state index contributed by atoms with van der Waals surface area (Å²) in [5, 5.41) is 3.26. The van der Waals surface area contributed by atoms with Crippen molar-refractivity contribution in [1.82, 2.24) is 5.32 Å². The van der Waals surface area contributed by atoms with E-state index in [9.17, 15) is 14.2 Å². The smallest absolute Gasteiger partial charge is 0.462 e. The summed E-state index contributed by atoms with van der Waals surface area (Å²) in [6.45, 7) is 11.1. The molecule has 8 nitrogen and oxygen atoms in total. The predicted molar refractivity (Wildman–Crippen MR) is 227 cm³/mol. The lowest BCUT2D eigenvalue weighted by Crippen LogP contribution is -2.37. The van der Waals surface area contributed by atoms with Gasteiger partial charge in [0.15, 0.2) is 6.10 Å². The van der Waals surface area contributed by atoms with E-state index in [0.29, 0.717) is 19.4 Å². The fraction of sp³-hybridized carbons (Fsp3) is 0.867. The van der Waals surface area contributed by atoms with Crippen molar-refractivity contribution in [2.24, 2.45) is 0 Å². The van der Waals surface area contributed by atoms with Gasteiger partial charge in [-0.3, -0.25) is 9.59 Å². The van der Waals surface area contributed by atoms with Gasteiger partial charge in [-0.05, 0) is 85.0 Å². The molecular weight excluding hydrogens is 697 g/mol. The minimum Gasteiger partial charge on any atom is -0.462 e. The molecule has 2 unspecified atom stereocenters. The van der Waals surface area contributed by atoms with Gasteiger partial charge >= 0.3 is 20.2 Å². The van der Waals surface area contributed by atoms with E-state index in [1.165, 1.54) is 103 Å². The van der Waals surface area contributed by atoms with Crippen LogP contribution in [0.5, 0.6) is 0 Å². The maximum Gasteiger partial charge on any atom is 0.697 e. The lowest BCUT2D eigenvalue weighted by atomic mass is 10.1. The molecule has 0 amide bonds. The Morgan fingerprint density at radius 3 is 1.41 bits per heavy atom. The van der Waals surface area contributed by atoms with Gasteiger partial charge in [-0.2, -0.15) is 0 Å². The summed E-state index contributed by atoms with van der Waals surface area (Å²) < 4.78 is 34.1. The van der Waals surface area contributed by atoms with E-state index in [1.54, 1.807) is 0 Å². The van der Waals surface area contributed by atoms with Gasteiger partial charge in [0.05, 0.1) is 0 Å². The van der Waals surface area contributed by atoms with Gasteiger partial charge < -0.3 is 14.8 Å². The molecule has 0 aliphatic carbocycles. The van der Waals surface area contributed by atoms with E-state index < -0.39 is 14.4 Å². The van der Waals surface area contributed by atoms with Crippen molar-refractivity contribution in [3.8, 4) is 0 Å². The van der Waals surface area contributed by atoms with Crippen LogP contribution >= 0.6 is 8.25 Å². The number of carbonyl (C=O) groups is 2. The Morgan fingerprint density at radius 2 is 0.963 bits per heavy atom. The van der Waals surface area contributed by atoms with Crippen LogP contribution in [0, 0.1) is 0 Å². The Labute approximate surface area is 334 Å². The van der Waals surface area contributed by atoms with Crippen LogP contribution in [-0.4, -0.2) is 49.9 Å². The fourth-order valence-electron chi connectivity index (χ4n) is 6.03. The minimum atomic E-state index is -2.40. The van der Waals surface area contributed by atoms with E-state index in [0.717, 1.165) is 64.2 Å². The molecule has 0 aliphatic rings.